The fraction of sp³-hybridized carbons (Fsp3) is 1.00. The molecule has 1 fully saturated rings. The lowest BCUT2D eigenvalue weighted by Gasteiger charge is -2.20. The molecular formula is C12H25NO. The highest BCUT2D eigenvalue weighted by atomic mass is 16.5. The van der Waals surface area contributed by atoms with Crippen molar-refractivity contribution in [3.63, 3.8) is 0 Å². The molecule has 0 bridgehead atoms. The molecule has 0 heterocycles. The Hall–Kier alpha value is -0.0800. The molecule has 0 aliphatic heterocycles. The molecular weight excluding hydrogens is 174 g/mol. The van der Waals surface area contributed by atoms with E-state index < -0.39 is 0 Å². The van der Waals surface area contributed by atoms with Gasteiger partial charge in [0.2, 0.25) is 0 Å². The molecule has 2 heteroatoms. The molecule has 0 radical (unpaired) electrons. The number of ether oxygens (including phenoxy) is 1. The van der Waals surface area contributed by atoms with E-state index in [1.54, 1.807) is 0 Å². The normalized spacial score (nSPS) is 21.2. The van der Waals surface area contributed by atoms with Crippen molar-refractivity contribution in [1.82, 2.24) is 5.32 Å². The standard InChI is InChI=1S/C12H25NO/c1-10(2)14-9-5-8-13-11(3)12(4)6-7-12/h10-11,13H,5-9H2,1-4H3. The summed E-state index contributed by atoms with van der Waals surface area (Å²) in [7, 11) is 0. The molecule has 0 amide bonds. The third kappa shape index (κ3) is 3.97. The minimum absolute atomic E-state index is 0.369. The second kappa shape index (κ2) is 5.13. The fourth-order valence-corrected chi connectivity index (χ4v) is 1.59. The first-order valence-corrected chi connectivity index (χ1v) is 5.89. The quantitative estimate of drug-likeness (QED) is 0.636. The maximum Gasteiger partial charge on any atom is 0.0518 e. The van der Waals surface area contributed by atoms with E-state index in [0.717, 1.165) is 19.6 Å². The first kappa shape index (κ1) is 12.0. The maximum atomic E-state index is 5.48. The summed E-state index contributed by atoms with van der Waals surface area (Å²) >= 11 is 0. The minimum atomic E-state index is 0.369. The molecule has 1 aliphatic rings. The molecule has 2 nitrogen and oxygen atoms in total. The highest BCUT2D eigenvalue weighted by Crippen LogP contribution is 2.47. The predicted molar refractivity (Wildman–Crippen MR) is 60.5 cm³/mol. The van der Waals surface area contributed by atoms with Gasteiger partial charge in [-0.15, -0.1) is 0 Å². The summed E-state index contributed by atoms with van der Waals surface area (Å²) in [5.74, 6) is 0. The van der Waals surface area contributed by atoms with E-state index in [2.05, 4.69) is 33.0 Å². The van der Waals surface area contributed by atoms with Crippen molar-refractivity contribution < 1.29 is 4.74 Å². The first-order valence-electron chi connectivity index (χ1n) is 5.89. The van der Waals surface area contributed by atoms with Crippen LogP contribution < -0.4 is 5.32 Å². The van der Waals surface area contributed by atoms with E-state index in [-0.39, 0.29) is 0 Å². The van der Waals surface area contributed by atoms with Gasteiger partial charge in [-0.1, -0.05) is 6.92 Å². The molecule has 1 rings (SSSR count). The highest BCUT2D eigenvalue weighted by molar-refractivity contribution is 4.96. The molecule has 0 aromatic heterocycles. The van der Waals surface area contributed by atoms with Crippen LogP contribution in [0, 0.1) is 5.41 Å². The molecule has 1 saturated carbocycles. The Bertz CT molecular complexity index is 164. The lowest BCUT2D eigenvalue weighted by atomic mass is 10.0. The molecule has 0 spiro atoms. The first-order chi connectivity index (χ1) is 6.54. The number of nitrogens with one attached hydrogen (secondary N) is 1. The predicted octanol–water partition coefficient (Wildman–Crippen LogP) is 2.58. The second-order valence-electron chi connectivity index (χ2n) is 5.10. The summed E-state index contributed by atoms with van der Waals surface area (Å²) in [5, 5.41) is 3.58. The van der Waals surface area contributed by atoms with Crippen molar-refractivity contribution in [3.8, 4) is 0 Å². The van der Waals surface area contributed by atoms with Gasteiger partial charge < -0.3 is 10.1 Å². The van der Waals surface area contributed by atoms with Gasteiger partial charge in [0.25, 0.3) is 0 Å². The maximum absolute atomic E-state index is 5.48. The molecule has 0 aromatic carbocycles. The zero-order chi connectivity index (χ0) is 10.6. The van der Waals surface area contributed by atoms with Gasteiger partial charge in [0, 0.05) is 12.6 Å². The van der Waals surface area contributed by atoms with Gasteiger partial charge in [-0.2, -0.15) is 0 Å². The van der Waals surface area contributed by atoms with E-state index in [4.69, 9.17) is 4.74 Å². The third-order valence-corrected chi connectivity index (χ3v) is 3.31. The molecule has 1 aliphatic carbocycles. The lowest BCUT2D eigenvalue weighted by Crippen LogP contribution is -2.34. The summed E-state index contributed by atoms with van der Waals surface area (Å²) in [6.07, 6.45) is 4.28. The molecule has 84 valence electrons. The van der Waals surface area contributed by atoms with Crippen LogP contribution in [0.25, 0.3) is 0 Å². The Morgan fingerprint density at radius 3 is 2.43 bits per heavy atom. The molecule has 0 saturated heterocycles. The Morgan fingerprint density at radius 2 is 1.93 bits per heavy atom. The van der Waals surface area contributed by atoms with Crippen molar-refractivity contribution >= 4 is 0 Å². The van der Waals surface area contributed by atoms with Crippen LogP contribution in [-0.4, -0.2) is 25.3 Å². The third-order valence-electron chi connectivity index (χ3n) is 3.31. The SMILES string of the molecule is CC(C)OCCCNC(C)C1(C)CC1. The van der Waals surface area contributed by atoms with E-state index in [9.17, 15) is 0 Å². The Kier molecular flexibility index (Phi) is 4.39. The van der Waals surface area contributed by atoms with Crippen LogP contribution in [0.2, 0.25) is 0 Å². The van der Waals surface area contributed by atoms with Gasteiger partial charge >= 0.3 is 0 Å². The van der Waals surface area contributed by atoms with Gasteiger partial charge in [0.1, 0.15) is 0 Å². The minimum Gasteiger partial charge on any atom is -0.379 e. The van der Waals surface area contributed by atoms with Gasteiger partial charge in [-0.25, -0.2) is 0 Å². The van der Waals surface area contributed by atoms with Gasteiger partial charge in [-0.05, 0) is 52.0 Å². The molecule has 1 atom stereocenters. The van der Waals surface area contributed by atoms with Gasteiger partial charge in [-0.3, -0.25) is 0 Å². The van der Waals surface area contributed by atoms with Crippen LogP contribution >= 0.6 is 0 Å². The zero-order valence-electron chi connectivity index (χ0n) is 10.1. The average Bonchev–Trinajstić information content (AvgIpc) is 2.83. The van der Waals surface area contributed by atoms with Crippen LogP contribution in [0.15, 0.2) is 0 Å². The van der Waals surface area contributed by atoms with E-state index in [1.807, 2.05) is 0 Å². The Morgan fingerprint density at radius 1 is 1.29 bits per heavy atom. The molecule has 1 N–H and O–H groups in total. The summed E-state index contributed by atoms with van der Waals surface area (Å²) < 4.78 is 5.48. The molecule has 0 aromatic rings. The Labute approximate surface area is 88.4 Å². The van der Waals surface area contributed by atoms with E-state index in [0.29, 0.717) is 17.6 Å². The van der Waals surface area contributed by atoms with Crippen molar-refractivity contribution in [1.29, 1.82) is 0 Å². The van der Waals surface area contributed by atoms with Crippen LogP contribution in [-0.2, 0) is 4.74 Å². The number of hydrogen-bond acceptors (Lipinski definition) is 2. The lowest BCUT2D eigenvalue weighted by molar-refractivity contribution is 0.0764. The fourth-order valence-electron chi connectivity index (χ4n) is 1.59. The summed E-state index contributed by atoms with van der Waals surface area (Å²) in [6.45, 7) is 10.8. The molecule has 1 unspecified atom stereocenters. The van der Waals surface area contributed by atoms with Crippen molar-refractivity contribution in [3.05, 3.63) is 0 Å². The van der Waals surface area contributed by atoms with Gasteiger partial charge in [0.15, 0.2) is 0 Å². The highest BCUT2D eigenvalue weighted by Gasteiger charge is 2.41. The zero-order valence-corrected chi connectivity index (χ0v) is 10.1. The summed E-state index contributed by atoms with van der Waals surface area (Å²) in [4.78, 5) is 0. The topological polar surface area (TPSA) is 21.3 Å². The van der Waals surface area contributed by atoms with Crippen LogP contribution in [0.3, 0.4) is 0 Å². The molecule has 14 heavy (non-hydrogen) atoms. The summed E-state index contributed by atoms with van der Waals surface area (Å²) in [5.41, 5.74) is 0.596. The Balaban J connectivity index is 1.93. The number of rotatable bonds is 7. The van der Waals surface area contributed by atoms with Crippen LogP contribution in [0.1, 0.15) is 47.0 Å². The van der Waals surface area contributed by atoms with Gasteiger partial charge in [0.05, 0.1) is 6.10 Å². The van der Waals surface area contributed by atoms with Crippen molar-refractivity contribution in [2.24, 2.45) is 5.41 Å². The average molecular weight is 199 g/mol. The summed E-state index contributed by atoms with van der Waals surface area (Å²) in [6, 6.07) is 0.668. The smallest absolute Gasteiger partial charge is 0.0518 e. The van der Waals surface area contributed by atoms with Crippen molar-refractivity contribution in [2.75, 3.05) is 13.2 Å². The second-order valence-corrected chi connectivity index (χ2v) is 5.10. The van der Waals surface area contributed by atoms with Crippen LogP contribution in [0.4, 0.5) is 0 Å². The van der Waals surface area contributed by atoms with Crippen molar-refractivity contribution in [2.45, 2.75) is 59.1 Å². The van der Waals surface area contributed by atoms with Crippen LogP contribution in [0.5, 0.6) is 0 Å². The van der Waals surface area contributed by atoms with E-state index >= 15 is 0 Å². The number of hydrogen-bond donors (Lipinski definition) is 1. The monoisotopic (exact) mass is 199 g/mol. The van der Waals surface area contributed by atoms with E-state index in [1.165, 1.54) is 12.8 Å². The largest absolute Gasteiger partial charge is 0.379 e.